The van der Waals surface area contributed by atoms with E-state index in [2.05, 4.69) is 14.9 Å². The number of rotatable bonds is 2. The Morgan fingerprint density at radius 3 is 2.50 bits per heavy atom. The van der Waals surface area contributed by atoms with E-state index in [1.54, 1.807) is 12.3 Å². The van der Waals surface area contributed by atoms with E-state index in [4.69, 9.17) is 16.2 Å². The van der Waals surface area contributed by atoms with Gasteiger partial charge >= 0.3 is 0 Å². The molecule has 1 aliphatic rings. The second kappa shape index (κ2) is 5.34. The summed E-state index contributed by atoms with van der Waals surface area (Å²) in [5, 5.41) is 0. The Hall–Kier alpha value is -2.34. The number of hydrogen-bond acceptors (Lipinski definition) is 6. The number of hydrogen-bond donors (Lipinski definition) is 2. The molecule has 1 aliphatic heterocycles. The molecule has 0 saturated carbocycles. The Morgan fingerprint density at radius 2 is 1.85 bits per heavy atom. The van der Waals surface area contributed by atoms with Gasteiger partial charge in [0.1, 0.15) is 5.82 Å². The zero-order valence-corrected chi connectivity index (χ0v) is 11.1. The topological polar surface area (TPSA) is 90.3 Å². The Labute approximate surface area is 117 Å². The van der Waals surface area contributed by atoms with Crippen molar-refractivity contribution >= 4 is 17.2 Å². The molecule has 0 aliphatic carbocycles. The van der Waals surface area contributed by atoms with E-state index in [0.717, 1.165) is 43.2 Å². The number of nitrogen functional groups attached to an aromatic ring is 2. The summed E-state index contributed by atoms with van der Waals surface area (Å²) in [5.74, 6) is 0.413. The van der Waals surface area contributed by atoms with Crippen LogP contribution in [0.25, 0.3) is 11.3 Å². The minimum atomic E-state index is 0.413. The van der Waals surface area contributed by atoms with Crippen LogP contribution in [0.4, 0.5) is 17.2 Å². The van der Waals surface area contributed by atoms with Gasteiger partial charge in [-0.3, -0.25) is 4.98 Å². The minimum Gasteiger partial charge on any atom is -0.398 e. The molecule has 20 heavy (non-hydrogen) atoms. The zero-order chi connectivity index (χ0) is 13.9. The van der Waals surface area contributed by atoms with Crippen molar-refractivity contribution in [1.82, 2.24) is 9.97 Å². The van der Waals surface area contributed by atoms with Crippen molar-refractivity contribution < 1.29 is 4.74 Å². The van der Waals surface area contributed by atoms with Gasteiger partial charge in [0.2, 0.25) is 0 Å². The van der Waals surface area contributed by atoms with E-state index < -0.39 is 0 Å². The highest BCUT2D eigenvalue weighted by Crippen LogP contribution is 2.26. The van der Waals surface area contributed by atoms with Gasteiger partial charge in [-0.2, -0.15) is 0 Å². The molecular formula is C14H17N5O. The summed E-state index contributed by atoms with van der Waals surface area (Å²) in [7, 11) is 0. The van der Waals surface area contributed by atoms with Gasteiger partial charge in [0, 0.05) is 36.6 Å². The summed E-state index contributed by atoms with van der Waals surface area (Å²) in [4.78, 5) is 10.8. The number of morpholine rings is 1. The molecule has 3 heterocycles. The molecule has 6 nitrogen and oxygen atoms in total. The normalized spacial score (nSPS) is 15.3. The van der Waals surface area contributed by atoms with Crippen molar-refractivity contribution in [3.05, 3.63) is 30.6 Å². The average Bonchev–Trinajstić information content (AvgIpc) is 2.48. The largest absolute Gasteiger partial charge is 0.398 e. The number of aromatic nitrogens is 2. The van der Waals surface area contributed by atoms with E-state index >= 15 is 0 Å². The van der Waals surface area contributed by atoms with Crippen molar-refractivity contribution in [2.75, 3.05) is 42.7 Å². The summed E-state index contributed by atoms with van der Waals surface area (Å²) >= 11 is 0. The Balaban J connectivity index is 1.85. The molecule has 4 N–H and O–H groups in total. The molecule has 6 heteroatoms. The van der Waals surface area contributed by atoms with Crippen LogP contribution in [0.15, 0.2) is 30.6 Å². The Morgan fingerprint density at radius 1 is 1.05 bits per heavy atom. The Bertz CT molecular complexity index is 593. The van der Waals surface area contributed by atoms with E-state index in [1.165, 1.54) is 0 Å². The second-order valence-corrected chi connectivity index (χ2v) is 4.70. The van der Waals surface area contributed by atoms with E-state index in [-0.39, 0.29) is 0 Å². The van der Waals surface area contributed by atoms with Crippen molar-refractivity contribution in [3.63, 3.8) is 0 Å². The lowest BCUT2D eigenvalue weighted by molar-refractivity contribution is 0.122. The lowest BCUT2D eigenvalue weighted by Gasteiger charge is -2.28. The van der Waals surface area contributed by atoms with Crippen molar-refractivity contribution in [2.45, 2.75) is 0 Å². The number of nitrogens with two attached hydrogens (primary N) is 2. The molecule has 0 spiro atoms. The van der Waals surface area contributed by atoms with Gasteiger partial charge < -0.3 is 21.1 Å². The molecule has 1 saturated heterocycles. The van der Waals surface area contributed by atoms with Gasteiger partial charge in [0.05, 0.1) is 30.8 Å². The Kier molecular flexibility index (Phi) is 3.39. The molecular weight excluding hydrogens is 254 g/mol. The summed E-state index contributed by atoms with van der Waals surface area (Å²) in [5.41, 5.74) is 14.8. The smallest absolute Gasteiger partial charge is 0.125 e. The molecule has 2 aromatic heterocycles. The molecule has 0 aromatic carbocycles. The number of nitrogens with zero attached hydrogens (tertiary/aromatic N) is 3. The zero-order valence-electron chi connectivity index (χ0n) is 11.1. The fourth-order valence-corrected chi connectivity index (χ4v) is 2.26. The van der Waals surface area contributed by atoms with Gasteiger partial charge in [0.15, 0.2) is 0 Å². The molecule has 3 rings (SSSR count). The highest BCUT2D eigenvalue weighted by atomic mass is 16.5. The summed E-state index contributed by atoms with van der Waals surface area (Å²) in [6.45, 7) is 3.31. The molecule has 0 unspecified atom stereocenters. The van der Waals surface area contributed by atoms with Crippen LogP contribution in [-0.4, -0.2) is 36.3 Å². The van der Waals surface area contributed by atoms with E-state index in [9.17, 15) is 0 Å². The first-order chi connectivity index (χ1) is 9.74. The van der Waals surface area contributed by atoms with E-state index in [0.29, 0.717) is 11.5 Å². The highest BCUT2D eigenvalue weighted by Gasteiger charge is 2.12. The molecule has 2 aromatic rings. The number of ether oxygens (including phenoxy) is 1. The number of pyridine rings is 2. The van der Waals surface area contributed by atoms with Crippen LogP contribution >= 0.6 is 0 Å². The molecule has 0 atom stereocenters. The van der Waals surface area contributed by atoms with Crippen molar-refractivity contribution in [3.8, 4) is 11.3 Å². The van der Waals surface area contributed by atoms with Crippen LogP contribution in [0.1, 0.15) is 0 Å². The number of anilines is 3. The molecule has 0 amide bonds. The van der Waals surface area contributed by atoms with Crippen molar-refractivity contribution in [1.29, 1.82) is 0 Å². The maximum atomic E-state index is 5.95. The average molecular weight is 271 g/mol. The van der Waals surface area contributed by atoms with Gasteiger partial charge in [-0.15, -0.1) is 0 Å². The third-order valence-corrected chi connectivity index (χ3v) is 3.36. The van der Waals surface area contributed by atoms with Gasteiger partial charge in [-0.05, 0) is 12.1 Å². The SMILES string of the molecule is Nc1cc(N)c(-c2ccc(N3CCOCC3)cn2)cn1. The van der Waals surface area contributed by atoms with Crippen LogP contribution in [0.2, 0.25) is 0 Å². The lowest BCUT2D eigenvalue weighted by atomic mass is 10.1. The lowest BCUT2D eigenvalue weighted by Crippen LogP contribution is -2.36. The van der Waals surface area contributed by atoms with E-state index in [1.807, 2.05) is 18.3 Å². The maximum absolute atomic E-state index is 5.95. The van der Waals surface area contributed by atoms with Crippen LogP contribution in [0, 0.1) is 0 Å². The third kappa shape index (κ3) is 2.50. The van der Waals surface area contributed by atoms with Crippen LogP contribution in [0.3, 0.4) is 0 Å². The predicted octanol–water partition coefficient (Wildman–Crippen LogP) is 1.14. The van der Waals surface area contributed by atoms with Crippen LogP contribution in [0.5, 0.6) is 0 Å². The summed E-state index contributed by atoms with van der Waals surface area (Å²) in [6, 6.07) is 5.64. The molecule has 104 valence electrons. The first-order valence-electron chi connectivity index (χ1n) is 6.54. The van der Waals surface area contributed by atoms with Gasteiger partial charge in [0.25, 0.3) is 0 Å². The molecule has 1 fully saturated rings. The quantitative estimate of drug-likeness (QED) is 0.851. The molecule has 0 bridgehead atoms. The fourth-order valence-electron chi connectivity index (χ4n) is 2.26. The van der Waals surface area contributed by atoms with Gasteiger partial charge in [-0.25, -0.2) is 4.98 Å². The minimum absolute atomic E-state index is 0.413. The summed E-state index contributed by atoms with van der Waals surface area (Å²) < 4.78 is 5.34. The highest BCUT2D eigenvalue weighted by molar-refractivity contribution is 5.75. The van der Waals surface area contributed by atoms with Gasteiger partial charge in [-0.1, -0.05) is 0 Å². The van der Waals surface area contributed by atoms with Crippen LogP contribution in [-0.2, 0) is 4.74 Å². The summed E-state index contributed by atoms with van der Waals surface area (Å²) in [6.07, 6.45) is 3.51. The first-order valence-corrected chi connectivity index (χ1v) is 6.54. The maximum Gasteiger partial charge on any atom is 0.125 e. The first kappa shape index (κ1) is 12.7. The fraction of sp³-hybridized carbons (Fsp3) is 0.286. The monoisotopic (exact) mass is 271 g/mol. The second-order valence-electron chi connectivity index (χ2n) is 4.70. The third-order valence-electron chi connectivity index (χ3n) is 3.36. The predicted molar refractivity (Wildman–Crippen MR) is 79.3 cm³/mol. The molecule has 0 radical (unpaired) electrons. The van der Waals surface area contributed by atoms with Crippen molar-refractivity contribution in [2.24, 2.45) is 0 Å². The standard InChI is InChI=1S/C14H17N5O/c15-12-7-14(16)18-9-11(12)13-2-1-10(8-17-13)19-3-5-20-6-4-19/h1-2,7-9H,3-6H2,(H4,15,16,18). The van der Waals surface area contributed by atoms with Crippen LogP contribution < -0.4 is 16.4 Å².